The maximum Gasteiger partial charge on any atom is 0.239 e. The number of anilines is 1. The summed E-state index contributed by atoms with van der Waals surface area (Å²) in [6.45, 7) is 4.85. The zero-order valence-electron chi connectivity index (χ0n) is 14.3. The number of amides is 1. The smallest absolute Gasteiger partial charge is 0.239 e. The van der Waals surface area contributed by atoms with Crippen LogP contribution >= 0.6 is 12.4 Å². The number of nitrogens with one attached hydrogen (secondary N) is 2. The lowest BCUT2D eigenvalue weighted by atomic mass is 9.97. The Kier molecular flexibility index (Phi) is 9.44. The molecule has 1 amide bonds. The van der Waals surface area contributed by atoms with E-state index in [0.717, 1.165) is 12.1 Å². The van der Waals surface area contributed by atoms with Gasteiger partial charge in [0, 0.05) is 37.0 Å². The Morgan fingerprint density at radius 3 is 2.22 bits per heavy atom. The second-order valence-corrected chi connectivity index (χ2v) is 5.45. The van der Waals surface area contributed by atoms with Crippen LogP contribution in [0.4, 0.5) is 5.69 Å². The molecule has 0 aliphatic heterocycles. The van der Waals surface area contributed by atoms with Gasteiger partial charge in [0.25, 0.3) is 0 Å². The summed E-state index contributed by atoms with van der Waals surface area (Å²) in [4.78, 5) is 12.0. The zero-order chi connectivity index (χ0) is 16.6. The molecule has 1 atom stereocenters. The normalized spacial score (nSPS) is 12.6. The Bertz CT molecular complexity index is 473. The lowest BCUT2D eigenvalue weighted by Gasteiger charge is -2.22. The summed E-state index contributed by atoms with van der Waals surface area (Å²) in [5.74, 6) is 1.30. The van der Waals surface area contributed by atoms with Gasteiger partial charge in [-0.25, -0.2) is 0 Å². The van der Waals surface area contributed by atoms with E-state index in [2.05, 4.69) is 10.6 Å². The van der Waals surface area contributed by atoms with Crippen molar-refractivity contribution in [1.29, 1.82) is 0 Å². The molecular weight excluding hydrogens is 318 g/mol. The number of carbonyl (C=O) groups excluding carboxylic acids is 1. The number of halogens is 1. The number of methoxy groups -OCH3 is 2. The molecule has 7 heteroatoms. The molecule has 0 aliphatic carbocycles. The van der Waals surface area contributed by atoms with Gasteiger partial charge in [-0.05, 0) is 13.3 Å². The van der Waals surface area contributed by atoms with Gasteiger partial charge >= 0.3 is 0 Å². The minimum Gasteiger partial charge on any atom is -0.497 e. The first-order valence-electron chi connectivity index (χ1n) is 7.47. The molecule has 1 aromatic rings. The molecule has 132 valence electrons. The molecule has 6 nitrogen and oxygen atoms in total. The van der Waals surface area contributed by atoms with Crippen LogP contribution in [0.1, 0.15) is 26.7 Å². The maximum atomic E-state index is 12.0. The summed E-state index contributed by atoms with van der Waals surface area (Å²) >= 11 is 0. The van der Waals surface area contributed by atoms with Gasteiger partial charge in [0.1, 0.15) is 11.5 Å². The molecule has 0 aromatic heterocycles. The van der Waals surface area contributed by atoms with E-state index >= 15 is 0 Å². The fraction of sp³-hybridized carbons (Fsp3) is 0.562. The average Bonchev–Trinajstić information content (AvgIpc) is 2.50. The van der Waals surface area contributed by atoms with Crippen molar-refractivity contribution in [1.82, 2.24) is 5.32 Å². The Morgan fingerprint density at radius 1 is 1.17 bits per heavy atom. The number of nitrogens with two attached hydrogens (primary N) is 1. The molecule has 0 heterocycles. The molecule has 0 saturated carbocycles. The fourth-order valence-corrected chi connectivity index (χ4v) is 2.13. The Balaban J connectivity index is 0.00000484. The summed E-state index contributed by atoms with van der Waals surface area (Å²) in [7, 11) is 3.21. The zero-order valence-corrected chi connectivity index (χ0v) is 15.1. The van der Waals surface area contributed by atoms with Gasteiger partial charge in [0.15, 0.2) is 0 Å². The highest BCUT2D eigenvalue weighted by atomic mass is 35.5. The van der Waals surface area contributed by atoms with Gasteiger partial charge < -0.3 is 25.8 Å². The van der Waals surface area contributed by atoms with Crippen molar-refractivity contribution in [2.24, 2.45) is 5.73 Å². The van der Waals surface area contributed by atoms with E-state index in [4.69, 9.17) is 15.2 Å². The number of hydrogen-bond donors (Lipinski definition) is 3. The van der Waals surface area contributed by atoms with Gasteiger partial charge in [-0.15, -0.1) is 12.4 Å². The van der Waals surface area contributed by atoms with Gasteiger partial charge in [-0.2, -0.15) is 0 Å². The molecule has 1 rings (SSSR count). The first-order valence-corrected chi connectivity index (χ1v) is 7.47. The van der Waals surface area contributed by atoms with E-state index in [9.17, 15) is 4.79 Å². The predicted octanol–water partition coefficient (Wildman–Crippen LogP) is 2.17. The van der Waals surface area contributed by atoms with Crippen molar-refractivity contribution in [3.8, 4) is 11.5 Å². The molecule has 0 fully saturated rings. The number of rotatable bonds is 9. The molecule has 1 aromatic carbocycles. The van der Waals surface area contributed by atoms with Crippen LogP contribution in [-0.4, -0.2) is 38.8 Å². The van der Waals surface area contributed by atoms with E-state index in [1.54, 1.807) is 27.2 Å². The molecule has 0 saturated heterocycles. The number of ether oxygens (including phenoxy) is 2. The Hall–Kier alpha value is -1.66. The lowest BCUT2D eigenvalue weighted by Crippen LogP contribution is -2.52. The van der Waals surface area contributed by atoms with Crippen molar-refractivity contribution in [2.75, 3.05) is 32.6 Å². The van der Waals surface area contributed by atoms with E-state index in [1.807, 2.05) is 19.1 Å². The molecule has 0 bridgehead atoms. The predicted molar refractivity (Wildman–Crippen MR) is 95.8 cm³/mol. The average molecular weight is 346 g/mol. The number of benzene rings is 1. The summed E-state index contributed by atoms with van der Waals surface area (Å²) in [6, 6.07) is 5.54. The van der Waals surface area contributed by atoms with Crippen LogP contribution in [0.5, 0.6) is 11.5 Å². The Morgan fingerprint density at radius 2 is 1.74 bits per heavy atom. The van der Waals surface area contributed by atoms with Crippen LogP contribution in [0.15, 0.2) is 18.2 Å². The summed E-state index contributed by atoms with van der Waals surface area (Å²) < 4.78 is 10.4. The van der Waals surface area contributed by atoms with E-state index < -0.39 is 5.54 Å². The number of carbonyl (C=O) groups is 1. The SMILES string of the molecule is CCCC(C)(N)C(=O)NCCNc1cc(OC)cc(OC)c1.Cl. The molecule has 0 spiro atoms. The van der Waals surface area contributed by atoms with Crippen LogP contribution < -0.4 is 25.8 Å². The van der Waals surface area contributed by atoms with Crippen LogP contribution in [0, 0.1) is 0 Å². The second kappa shape index (κ2) is 10.2. The molecule has 0 radical (unpaired) electrons. The minimum absolute atomic E-state index is 0. The summed E-state index contributed by atoms with van der Waals surface area (Å²) in [5.41, 5.74) is 6.03. The van der Waals surface area contributed by atoms with E-state index in [1.165, 1.54) is 0 Å². The van der Waals surface area contributed by atoms with Crippen molar-refractivity contribution in [3.05, 3.63) is 18.2 Å². The highest BCUT2D eigenvalue weighted by molar-refractivity contribution is 5.85. The molecule has 0 aliphatic rings. The monoisotopic (exact) mass is 345 g/mol. The summed E-state index contributed by atoms with van der Waals surface area (Å²) in [6.07, 6.45) is 1.54. The lowest BCUT2D eigenvalue weighted by molar-refractivity contribution is -0.125. The molecule has 1 unspecified atom stereocenters. The third kappa shape index (κ3) is 6.97. The van der Waals surface area contributed by atoms with E-state index in [-0.39, 0.29) is 18.3 Å². The molecular formula is C16H28ClN3O3. The van der Waals surface area contributed by atoms with Crippen LogP contribution in [0.2, 0.25) is 0 Å². The first-order chi connectivity index (χ1) is 10.4. The topological polar surface area (TPSA) is 85.6 Å². The van der Waals surface area contributed by atoms with Crippen molar-refractivity contribution < 1.29 is 14.3 Å². The third-order valence-electron chi connectivity index (χ3n) is 3.38. The quantitative estimate of drug-likeness (QED) is 0.597. The first kappa shape index (κ1) is 21.3. The fourth-order valence-electron chi connectivity index (χ4n) is 2.13. The van der Waals surface area contributed by atoms with Gasteiger partial charge in [0.2, 0.25) is 5.91 Å². The number of hydrogen-bond acceptors (Lipinski definition) is 5. The molecule has 23 heavy (non-hydrogen) atoms. The van der Waals surface area contributed by atoms with Gasteiger partial charge in [0.05, 0.1) is 19.8 Å². The van der Waals surface area contributed by atoms with Crippen LogP contribution in [-0.2, 0) is 4.79 Å². The molecule has 4 N–H and O–H groups in total. The van der Waals surface area contributed by atoms with Crippen molar-refractivity contribution in [2.45, 2.75) is 32.2 Å². The Labute approximate surface area is 144 Å². The van der Waals surface area contributed by atoms with Gasteiger partial charge in [-0.1, -0.05) is 13.3 Å². The van der Waals surface area contributed by atoms with Gasteiger partial charge in [-0.3, -0.25) is 4.79 Å². The highest BCUT2D eigenvalue weighted by Gasteiger charge is 2.26. The van der Waals surface area contributed by atoms with Crippen molar-refractivity contribution >= 4 is 24.0 Å². The second-order valence-electron chi connectivity index (χ2n) is 5.45. The standard InChI is InChI=1S/C16H27N3O3.ClH/c1-5-6-16(2,17)15(20)19-8-7-18-12-9-13(21-3)11-14(10-12)22-4;/h9-11,18H,5-8,17H2,1-4H3,(H,19,20);1H. The van der Waals surface area contributed by atoms with Crippen LogP contribution in [0.25, 0.3) is 0 Å². The largest absolute Gasteiger partial charge is 0.497 e. The van der Waals surface area contributed by atoms with Crippen LogP contribution in [0.3, 0.4) is 0 Å². The van der Waals surface area contributed by atoms with Crippen molar-refractivity contribution in [3.63, 3.8) is 0 Å². The highest BCUT2D eigenvalue weighted by Crippen LogP contribution is 2.25. The summed E-state index contributed by atoms with van der Waals surface area (Å²) in [5, 5.41) is 6.06. The minimum atomic E-state index is -0.812. The third-order valence-corrected chi connectivity index (χ3v) is 3.38. The van der Waals surface area contributed by atoms with E-state index in [0.29, 0.717) is 31.0 Å². The maximum absolute atomic E-state index is 12.0.